The van der Waals surface area contributed by atoms with E-state index in [4.69, 9.17) is 9.88 Å². The first kappa shape index (κ1) is 20.6. The third-order valence-corrected chi connectivity index (χ3v) is 4.74. The molecule has 4 N–H and O–H groups in total. The minimum atomic E-state index is -3.61. The number of hydrogen-bond acceptors (Lipinski definition) is 8. The highest BCUT2D eigenvalue weighted by atomic mass is 32.2. The Morgan fingerprint density at radius 2 is 1.93 bits per heavy atom. The highest BCUT2D eigenvalue weighted by Gasteiger charge is 2.12. The number of benzene rings is 2. The summed E-state index contributed by atoms with van der Waals surface area (Å²) >= 11 is 0. The van der Waals surface area contributed by atoms with E-state index < -0.39 is 10.0 Å². The first-order valence-corrected chi connectivity index (χ1v) is 10.5. The second-order valence-corrected chi connectivity index (χ2v) is 7.94. The molecule has 3 aromatic rings. The van der Waals surface area contributed by atoms with E-state index in [2.05, 4.69) is 25.6 Å². The van der Waals surface area contributed by atoms with Gasteiger partial charge in [-0.05, 0) is 42.4 Å². The molecule has 10 heteroatoms. The Morgan fingerprint density at radius 3 is 2.66 bits per heavy atom. The largest absolute Gasteiger partial charge is 0.496 e. The van der Waals surface area contributed by atoms with Crippen molar-refractivity contribution in [2.24, 2.45) is 5.14 Å². The van der Waals surface area contributed by atoms with Crippen molar-refractivity contribution in [3.05, 3.63) is 59.9 Å². The summed E-state index contributed by atoms with van der Waals surface area (Å²) < 4.78 is 28.1. The van der Waals surface area contributed by atoms with Gasteiger partial charge in [0.25, 0.3) is 0 Å². The Hall–Kier alpha value is -3.08. The number of nitrogens with two attached hydrogens (primary N) is 1. The molecule has 3 rings (SSSR count). The Labute approximate surface area is 169 Å². The number of ether oxygens (including phenoxy) is 1. The van der Waals surface area contributed by atoms with Crippen molar-refractivity contribution in [3.8, 4) is 17.1 Å². The normalized spacial score (nSPS) is 11.3. The SMILES string of the molecule is CNCc1ccc(OC)c(-c2ncnc(Nc3cccc(CS(N)(=O)=O)c3)n2)c1. The number of hydrogen-bond donors (Lipinski definition) is 3. The van der Waals surface area contributed by atoms with Gasteiger partial charge in [0.1, 0.15) is 12.1 Å². The third kappa shape index (κ3) is 5.70. The van der Waals surface area contributed by atoms with Gasteiger partial charge in [-0.15, -0.1) is 0 Å². The van der Waals surface area contributed by atoms with E-state index in [0.717, 1.165) is 11.1 Å². The van der Waals surface area contributed by atoms with Crippen molar-refractivity contribution in [2.45, 2.75) is 12.3 Å². The molecule has 29 heavy (non-hydrogen) atoms. The lowest BCUT2D eigenvalue weighted by atomic mass is 10.1. The van der Waals surface area contributed by atoms with Crippen LogP contribution >= 0.6 is 0 Å². The molecule has 0 atom stereocenters. The highest BCUT2D eigenvalue weighted by Crippen LogP contribution is 2.29. The molecule has 0 bridgehead atoms. The molecule has 2 aromatic carbocycles. The van der Waals surface area contributed by atoms with Crippen LogP contribution in [0.5, 0.6) is 5.75 Å². The summed E-state index contributed by atoms with van der Waals surface area (Å²) in [6.45, 7) is 0.698. The van der Waals surface area contributed by atoms with Crippen LogP contribution in [0.4, 0.5) is 11.6 Å². The van der Waals surface area contributed by atoms with Gasteiger partial charge in [0, 0.05) is 12.2 Å². The van der Waals surface area contributed by atoms with Gasteiger partial charge >= 0.3 is 0 Å². The number of aromatic nitrogens is 3. The van der Waals surface area contributed by atoms with Gasteiger partial charge in [0.15, 0.2) is 5.82 Å². The number of methoxy groups -OCH3 is 1. The quantitative estimate of drug-likeness (QED) is 0.508. The van der Waals surface area contributed by atoms with E-state index in [-0.39, 0.29) is 5.75 Å². The van der Waals surface area contributed by atoms with Crippen molar-refractivity contribution >= 4 is 21.7 Å². The van der Waals surface area contributed by atoms with Crippen LogP contribution in [0.3, 0.4) is 0 Å². The topological polar surface area (TPSA) is 132 Å². The van der Waals surface area contributed by atoms with Gasteiger partial charge in [-0.1, -0.05) is 18.2 Å². The summed E-state index contributed by atoms with van der Waals surface area (Å²) in [5, 5.41) is 11.3. The van der Waals surface area contributed by atoms with Crippen LogP contribution in [0.15, 0.2) is 48.8 Å². The van der Waals surface area contributed by atoms with Crippen molar-refractivity contribution in [1.29, 1.82) is 0 Å². The molecular formula is C19H22N6O3S. The van der Waals surface area contributed by atoms with Gasteiger partial charge in [-0.3, -0.25) is 0 Å². The Balaban J connectivity index is 1.89. The summed E-state index contributed by atoms with van der Waals surface area (Å²) in [7, 11) is -0.149. The van der Waals surface area contributed by atoms with Crippen molar-refractivity contribution in [1.82, 2.24) is 20.3 Å². The van der Waals surface area contributed by atoms with E-state index in [9.17, 15) is 8.42 Å². The average molecular weight is 414 g/mol. The first-order valence-electron chi connectivity index (χ1n) is 8.75. The zero-order valence-electron chi connectivity index (χ0n) is 16.1. The highest BCUT2D eigenvalue weighted by molar-refractivity contribution is 7.88. The van der Waals surface area contributed by atoms with Gasteiger partial charge in [-0.2, -0.15) is 4.98 Å². The van der Waals surface area contributed by atoms with Crippen LogP contribution in [0.1, 0.15) is 11.1 Å². The number of anilines is 2. The number of sulfonamides is 1. The molecule has 0 saturated carbocycles. The van der Waals surface area contributed by atoms with E-state index in [0.29, 0.717) is 35.3 Å². The molecule has 1 aromatic heterocycles. The summed E-state index contributed by atoms with van der Waals surface area (Å²) in [6.07, 6.45) is 1.41. The molecular weight excluding hydrogens is 392 g/mol. The predicted octanol–water partition coefficient (Wildman–Crippen LogP) is 1.80. The van der Waals surface area contributed by atoms with Gasteiger partial charge in [0.2, 0.25) is 16.0 Å². The predicted molar refractivity (Wildman–Crippen MR) is 111 cm³/mol. The molecule has 0 saturated heterocycles. The lowest BCUT2D eigenvalue weighted by molar-refractivity contribution is 0.416. The summed E-state index contributed by atoms with van der Waals surface area (Å²) in [4.78, 5) is 12.9. The maximum Gasteiger partial charge on any atom is 0.230 e. The molecule has 1 heterocycles. The lowest BCUT2D eigenvalue weighted by Crippen LogP contribution is -2.14. The number of primary sulfonamides is 1. The molecule has 152 valence electrons. The van der Waals surface area contributed by atoms with E-state index in [1.54, 1.807) is 31.4 Å². The second kappa shape index (κ2) is 8.95. The molecule has 0 unspecified atom stereocenters. The second-order valence-electron chi connectivity index (χ2n) is 6.33. The minimum absolute atomic E-state index is 0.250. The number of nitrogens with zero attached hydrogens (tertiary/aromatic N) is 3. The number of rotatable bonds is 8. The first-order chi connectivity index (χ1) is 13.9. The standard InChI is InChI=1S/C19H22N6O3S/c1-21-10-13-6-7-17(28-2)16(9-13)18-22-12-23-19(25-18)24-15-5-3-4-14(8-15)11-29(20,26)27/h3-9,12,21H,10-11H2,1-2H3,(H2,20,26,27)(H,22,23,24,25). The van der Waals surface area contributed by atoms with Crippen LogP contribution in [0.2, 0.25) is 0 Å². The molecule has 0 spiro atoms. The zero-order chi connectivity index (χ0) is 20.9. The maximum atomic E-state index is 11.3. The lowest BCUT2D eigenvalue weighted by Gasteiger charge is -2.11. The summed E-state index contributed by atoms with van der Waals surface area (Å²) in [6, 6.07) is 12.7. The van der Waals surface area contributed by atoms with Gasteiger partial charge in [-0.25, -0.2) is 23.5 Å². The van der Waals surface area contributed by atoms with Gasteiger partial charge < -0.3 is 15.4 Å². The van der Waals surface area contributed by atoms with E-state index in [1.165, 1.54) is 6.33 Å². The smallest absolute Gasteiger partial charge is 0.230 e. The number of nitrogens with one attached hydrogen (secondary N) is 2. The molecule has 0 fully saturated rings. The zero-order valence-corrected chi connectivity index (χ0v) is 16.9. The molecule has 0 aliphatic heterocycles. The molecule has 9 nitrogen and oxygen atoms in total. The average Bonchev–Trinajstić information content (AvgIpc) is 2.67. The Bertz CT molecular complexity index is 1100. The third-order valence-electron chi connectivity index (χ3n) is 4.01. The van der Waals surface area contributed by atoms with Crippen LogP contribution in [-0.4, -0.2) is 37.5 Å². The fourth-order valence-electron chi connectivity index (χ4n) is 2.83. The van der Waals surface area contributed by atoms with Crippen molar-refractivity contribution in [2.75, 3.05) is 19.5 Å². The van der Waals surface area contributed by atoms with Gasteiger partial charge in [0.05, 0.1) is 18.4 Å². The van der Waals surface area contributed by atoms with E-state index in [1.807, 2.05) is 25.2 Å². The monoisotopic (exact) mass is 414 g/mol. The van der Waals surface area contributed by atoms with Crippen LogP contribution in [0.25, 0.3) is 11.4 Å². The van der Waals surface area contributed by atoms with Crippen LogP contribution < -0.4 is 20.5 Å². The molecule has 0 radical (unpaired) electrons. The molecule has 0 aliphatic carbocycles. The van der Waals surface area contributed by atoms with E-state index >= 15 is 0 Å². The fourth-order valence-corrected chi connectivity index (χ4v) is 3.47. The maximum absolute atomic E-state index is 11.3. The summed E-state index contributed by atoms with van der Waals surface area (Å²) in [5.41, 5.74) is 3.01. The minimum Gasteiger partial charge on any atom is -0.496 e. The Morgan fingerprint density at radius 1 is 1.10 bits per heavy atom. The fraction of sp³-hybridized carbons (Fsp3) is 0.211. The molecule has 0 aliphatic rings. The molecule has 0 amide bonds. The van der Waals surface area contributed by atoms with Crippen LogP contribution in [0, 0.1) is 0 Å². The Kier molecular flexibility index (Phi) is 6.37. The van der Waals surface area contributed by atoms with Crippen LogP contribution in [-0.2, 0) is 22.3 Å². The van der Waals surface area contributed by atoms with Crippen molar-refractivity contribution in [3.63, 3.8) is 0 Å². The summed E-state index contributed by atoms with van der Waals surface area (Å²) in [5.74, 6) is 1.18. The van der Waals surface area contributed by atoms with Crippen molar-refractivity contribution < 1.29 is 13.2 Å².